The number of hydrogen-bond acceptors (Lipinski definition) is 4. The van der Waals surface area contributed by atoms with E-state index in [1.807, 2.05) is 6.92 Å². The standard InChI is InChI=1S/C10H13N3OS/c1-7-3-11-4-9(12-7)13-5-8(6-15)2-10(13)14/h3-4,8,15H,2,5-6H2,1H3. The van der Waals surface area contributed by atoms with Crippen LogP contribution in [-0.4, -0.2) is 28.2 Å². The molecule has 15 heavy (non-hydrogen) atoms. The van der Waals surface area contributed by atoms with Crippen LogP contribution < -0.4 is 4.90 Å². The highest BCUT2D eigenvalue weighted by Crippen LogP contribution is 2.23. The largest absolute Gasteiger partial charge is 0.295 e. The molecule has 4 nitrogen and oxygen atoms in total. The number of nitrogens with zero attached hydrogens (tertiary/aromatic N) is 3. The Bertz CT molecular complexity index is 383. The van der Waals surface area contributed by atoms with Crippen LogP contribution in [0.3, 0.4) is 0 Å². The molecular formula is C10H13N3OS. The summed E-state index contributed by atoms with van der Waals surface area (Å²) < 4.78 is 0. The van der Waals surface area contributed by atoms with Gasteiger partial charge in [-0.25, -0.2) is 4.98 Å². The van der Waals surface area contributed by atoms with Crippen LogP contribution in [0, 0.1) is 12.8 Å². The molecule has 0 bridgehead atoms. The summed E-state index contributed by atoms with van der Waals surface area (Å²) in [6.07, 6.45) is 3.88. The molecule has 0 aliphatic carbocycles. The summed E-state index contributed by atoms with van der Waals surface area (Å²) in [5, 5.41) is 0. The van der Waals surface area contributed by atoms with Gasteiger partial charge in [0.25, 0.3) is 0 Å². The molecule has 1 aromatic rings. The number of amides is 1. The Kier molecular flexibility index (Phi) is 2.90. The highest BCUT2D eigenvalue weighted by atomic mass is 32.1. The third-order valence-electron chi connectivity index (χ3n) is 2.48. The number of anilines is 1. The van der Waals surface area contributed by atoms with E-state index in [1.54, 1.807) is 17.3 Å². The molecule has 1 fully saturated rings. The maximum absolute atomic E-state index is 11.7. The summed E-state index contributed by atoms with van der Waals surface area (Å²) >= 11 is 4.21. The molecule has 1 aliphatic rings. The maximum Gasteiger partial charge on any atom is 0.228 e. The maximum atomic E-state index is 11.7. The molecule has 2 heterocycles. The highest BCUT2D eigenvalue weighted by Gasteiger charge is 2.30. The quantitative estimate of drug-likeness (QED) is 0.763. The van der Waals surface area contributed by atoms with Crippen molar-refractivity contribution in [2.75, 3.05) is 17.2 Å². The molecule has 0 radical (unpaired) electrons. The van der Waals surface area contributed by atoms with Crippen molar-refractivity contribution >= 4 is 24.4 Å². The topological polar surface area (TPSA) is 46.1 Å². The van der Waals surface area contributed by atoms with E-state index < -0.39 is 0 Å². The zero-order valence-electron chi connectivity index (χ0n) is 8.55. The van der Waals surface area contributed by atoms with Crippen molar-refractivity contribution in [3.8, 4) is 0 Å². The van der Waals surface area contributed by atoms with Crippen LogP contribution in [0.4, 0.5) is 5.82 Å². The third kappa shape index (κ3) is 2.12. The number of hydrogen-bond donors (Lipinski definition) is 1. The molecule has 80 valence electrons. The predicted molar refractivity (Wildman–Crippen MR) is 61.1 cm³/mol. The van der Waals surface area contributed by atoms with Gasteiger partial charge in [0.05, 0.1) is 11.9 Å². The van der Waals surface area contributed by atoms with Crippen molar-refractivity contribution in [3.05, 3.63) is 18.1 Å². The zero-order valence-corrected chi connectivity index (χ0v) is 9.44. The van der Waals surface area contributed by atoms with Gasteiger partial charge in [-0.05, 0) is 18.6 Å². The van der Waals surface area contributed by atoms with Crippen LogP contribution >= 0.6 is 12.6 Å². The van der Waals surface area contributed by atoms with Crippen LogP contribution in [-0.2, 0) is 4.79 Å². The summed E-state index contributed by atoms with van der Waals surface area (Å²) in [5.74, 6) is 1.85. The fourth-order valence-corrected chi connectivity index (χ4v) is 1.95. The van der Waals surface area contributed by atoms with Crippen molar-refractivity contribution in [1.82, 2.24) is 9.97 Å². The van der Waals surface area contributed by atoms with Crippen LogP contribution in [0.15, 0.2) is 12.4 Å². The molecule has 0 saturated carbocycles. The Morgan fingerprint density at radius 3 is 3.00 bits per heavy atom. The molecule has 0 spiro atoms. The molecule has 0 N–H and O–H groups in total. The molecule has 1 amide bonds. The van der Waals surface area contributed by atoms with Gasteiger partial charge in [-0.3, -0.25) is 14.7 Å². The second kappa shape index (κ2) is 4.18. The van der Waals surface area contributed by atoms with Crippen molar-refractivity contribution in [3.63, 3.8) is 0 Å². The number of carbonyl (C=O) groups excluding carboxylic acids is 1. The molecule has 1 saturated heterocycles. The van der Waals surface area contributed by atoms with Crippen LogP contribution in [0.5, 0.6) is 0 Å². The van der Waals surface area contributed by atoms with Crippen molar-refractivity contribution in [1.29, 1.82) is 0 Å². The van der Waals surface area contributed by atoms with Gasteiger partial charge in [0.15, 0.2) is 5.82 Å². The lowest BCUT2D eigenvalue weighted by Gasteiger charge is -2.14. The molecule has 1 unspecified atom stereocenters. The van der Waals surface area contributed by atoms with E-state index in [0.29, 0.717) is 24.7 Å². The van der Waals surface area contributed by atoms with E-state index in [2.05, 4.69) is 22.6 Å². The lowest BCUT2D eigenvalue weighted by atomic mass is 10.1. The van der Waals surface area contributed by atoms with E-state index >= 15 is 0 Å². The van der Waals surface area contributed by atoms with E-state index in [-0.39, 0.29) is 5.91 Å². The molecule has 1 atom stereocenters. The summed E-state index contributed by atoms with van der Waals surface area (Å²) in [7, 11) is 0. The SMILES string of the molecule is Cc1cncc(N2CC(CS)CC2=O)n1. The highest BCUT2D eigenvalue weighted by molar-refractivity contribution is 7.80. The van der Waals surface area contributed by atoms with E-state index in [9.17, 15) is 4.79 Å². The van der Waals surface area contributed by atoms with Gasteiger partial charge in [-0.1, -0.05) is 0 Å². The first-order valence-electron chi connectivity index (χ1n) is 4.90. The first kappa shape index (κ1) is 10.4. The Balaban J connectivity index is 2.21. The number of aromatic nitrogens is 2. The van der Waals surface area contributed by atoms with Gasteiger partial charge in [-0.15, -0.1) is 0 Å². The second-order valence-electron chi connectivity index (χ2n) is 3.78. The van der Waals surface area contributed by atoms with Crippen LogP contribution in [0.25, 0.3) is 0 Å². The van der Waals surface area contributed by atoms with Crippen molar-refractivity contribution in [2.45, 2.75) is 13.3 Å². The Morgan fingerprint density at radius 1 is 1.60 bits per heavy atom. The molecule has 0 aromatic carbocycles. The average Bonchev–Trinajstić information content (AvgIpc) is 2.60. The fraction of sp³-hybridized carbons (Fsp3) is 0.500. The van der Waals surface area contributed by atoms with Gasteiger partial charge in [0.1, 0.15) is 0 Å². The summed E-state index contributed by atoms with van der Waals surface area (Å²) in [6.45, 7) is 2.58. The number of carbonyl (C=O) groups is 1. The van der Waals surface area contributed by atoms with E-state index in [1.165, 1.54) is 0 Å². The third-order valence-corrected chi connectivity index (χ3v) is 3.00. The van der Waals surface area contributed by atoms with Gasteiger partial charge in [0, 0.05) is 19.2 Å². The minimum Gasteiger partial charge on any atom is -0.295 e. The number of aryl methyl sites for hydroxylation is 1. The molecule has 2 rings (SSSR count). The molecule has 1 aromatic heterocycles. The average molecular weight is 223 g/mol. The molecule has 5 heteroatoms. The lowest BCUT2D eigenvalue weighted by molar-refractivity contribution is -0.117. The van der Waals surface area contributed by atoms with Crippen molar-refractivity contribution in [2.24, 2.45) is 5.92 Å². The first-order chi connectivity index (χ1) is 7.20. The minimum absolute atomic E-state index is 0.119. The second-order valence-corrected chi connectivity index (χ2v) is 4.14. The Labute approximate surface area is 94.1 Å². The normalized spacial score (nSPS) is 21.1. The van der Waals surface area contributed by atoms with Gasteiger partial charge in [0.2, 0.25) is 5.91 Å². The Hall–Kier alpha value is -1.10. The zero-order chi connectivity index (χ0) is 10.8. The van der Waals surface area contributed by atoms with Crippen molar-refractivity contribution < 1.29 is 4.79 Å². The first-order valence-corrected chi connectivity index (χ1v) is 5.54. The Morgan fingerprint density at radius 2 is 2.40 bits per heavy atom. The van der Waals surface area contributed by atoms with Crippen LogP contribution in [0.2, 0.25) is 0 Å². The number of thiol groups is 1. The lowest BCUT2D eigenvalue weighted by Crippen LogP contribution is -2.26. The number of rotatable bonds is 2. The monoisotopic (exact) mass is 223 g/mol. The van der Waals surface area contributed by atoms with Gasteiger partial charge < -0.3 is 0 Å². The summed E-state index contributed by atoms with van der Waals surface area (Å²) in [5.41, 5.74) is 0.828. The van der Waals surface area contributed by atoms with E-state index in [4.69, 9.17) is 0 Å². The molecule has 1 aliphatic heterocycles. The summed E-state index contributed by atoms with van der Waals surface area (Å²) in [6, 6.07) is 0. The predicted octanol–water partition coefficient (Wildman–Crippen LogP) is 1.07. The summed E-state index contributed by atoms with van der Waals surface area (Å²) in [4.78, 5) is 21.7. The van der Waals surface area contributed by atoms with Gasteiger partial charge >= 0.3 is 0 Å². The van der Waals surface area contributed by atoms with Crippen LogP contribution in [0.1, 0.15) is 12.1 Å². The van der Waals surface area contributed by atoms with E-state index in [0.717, 1.165) is 11.4 Å². The smallest absolute Gasteiger partial charge is 0.228 e. The minimum atomic E-state index is 0.119. The van der Waals surface area contributed by atoms with Gasteiger partial charge in [-0.2, -0.15) is 12.6 Å². The fourth-order valence-electron chi connectivity index (χ4n) is 1.71. The molecular weight excluding hydrogens is 210 g/mol.